The summed E-state index contributed by atoms with van der Waals surface area (Å²) in [5, 5.41) is 2.88. The fraction of sp³-hybridized carbons (Fsp3) is 0.533. The van der Waals surface area contributed by atoms with Gasteiger partial charge in [-0.1, -0.05) is 12.1 Å². The third kappa shape index (κ3) is 5.31. The Bertz CT molecular complexity index is 623. The smallest absolute Gasteiger partial charge is 0.235 e. The fourth-order valence-electron chi connectivity index (χ4n) is 2.58. The third-order valence-corrected chi connectivity index (χ3v) is 4.39. The van der Waals surface area contributed by atoms with Crippen molar-refractivity contribution < 1.29 is 13.2 Å². The standard InChI is InChI=1S/C15H23N3O3S/c1-12-4-3-5-14(10-12)18-8-6-13(7-9-18)17-15(19)11-16-22(2,20)21/h3-5,10,13,16H,6-9,11H2,1-2H3,(H,17,19). The van der Waals surface area contributed by atoms with Crippen LogP contribution < -0.4 is 14.9 Å². The van der Waals surface area contributed by atoms with E-state index in [1.165, 1.54) is 11.3 Å². The van der Waals surface area contributed by atoms with Crippen molar-refractivity contribution in [1.82, 2.24) is 10.0 Å². The predicted octanol–water partition coefficient (Wildman–Crippen LogP) is 0.629. The summed E-state index contributed by atoms with van der Waals surface area (Å²) >= 11 is 0. The number of anilines is 1. The van der Waals surface area contributed by atoms with E-state index in [1.54, 1.807) is 0 Å². The van der Waals surface area contributed by atoms with E-state index in [2.05, 4.69) is 46.1 Å². The van der Waals surface area contributed by atoms with E-state index < -0.39 is 10.0 Å². The molecule has 0 saturated carbocycles. The molecular weight excluding hydrogens is 302 g/mol. The molecule has 1 amide bonds. The predicted molar refractivity (Wildman–Crippen MR) is 87.4 cm³/mol. The van der Waals surface area contributed by atoms with Gasteiger partial charge >= 0.3 is 0 Å². The summed E-state index contributed by atoms with van der Waals surface area (Å²) in [7, 11) is -3.33. The topological polar surface area (TPSA) is 78.5 Å². The second-order valence-corrected chi connectivity index (χ2v) is 7.59. The van der Waals surface area contributed by atoms with Gasteiger partial charge in [-0.2, -0.15) is 0 Å². The van der Waals surface area contributed by atoms with E-state index >= 15 is 0 Å². The normalized spacial score (nSPS) is 16.5. The van der Waals surface area contributed by atoms with Crippen LogP contribution in [0.1, 0.15) is 18.4 Å². The van der Waals surface area contributed by atoms with Gasteiger partial charge in [0.1, 0.15) is 0 Å². The van der Waals surface area contributed by atoms with Crippen LogP contribution in [0.2, 0.25) is 0 Å². The van der Waals surface area contributed by atoms with Crippen LogP contribution in [0.15, 0.2) is 24.3 Å². The molecule has 0 aromatic heterocycles. The summed E-state index contributed by atoms with van der Waals surface area (Å²) in [6.07, 6.45) is 2.76. The quantitative estimate of drug-likeness (QED) is 0.832. The van der Waals surface area contributed by atoms with Crippen molar-refractivity contribution in [3.8, 4) is 0 Å². The number of benzene rings is 1. The lowest BCUT2D eigenvalue weighted by molar-refractivity contribution is -0.120. The first-order chi connectivity index (χ1) is 10.3. The Hall–Kier alpha value is -1.60. The molecule has 2 N–H and O–H groups in total. The van der Waals surface area contributed by atoms with Gasteiger partial charge in [0.15, 0.2) is 0 Å². The highest BCUT2D eigenvalue weighted by Crippen LogP contribution is 2.20. The summed E-state index contributed by atoms with van der Waals surface area (Å²) in [6, 6.07) is 8.49. The first kappa shape index (κ1) is 16.8. The Labute approximate surface area is 131 Å². The number of nitrogens with zero attached hydrogens (tertiary/aromatic N) is 1. The molecule has 1 heterocycles. The average Bonchev–Trinajstić information content (AvgIpc) is 2.45. The highest BCUT2D eigenvalue weighted by molar-refractivity contribution is 7.88. The zero-order valence-electron chi connectivity index (χ0n) is 13.0. The molecular formula is C15H23N3O3S. The number of piperidine rings is 1. The SMILES string of the molecule is Cc1cccc(N2CCC(NC(=O)CNS(C)(=O)=O)CC2)c1. The zero-order valence-corrected chi connectivity index (χ0v) is 13.8. The van der Waals surface area contributed by atoms with Crippen LogP contribution in [0.25, 0.3) is 0 Å². The maximum absolute atomic E-state index is 11.7. The molecule has 1 saturated heterocycles. The number of hydrogen-bond acceptors (Lipinski definition) is 4. The lowest BCUT2D eigenvalue weighted by Gasteiger charge is -2.34. The number of hydrogen-bond donors (Lipinski definition) is 2. The van der Waals surface area contributed by atoms with Crippen LogP contribution in [-0.2, 0) is 14.8 Å². The van der Waals surface area contributed by atoms with Gasteiger partial charge in [0.05, 0.1) is 12.8 Å². The van der Waals surface area contributed by atoms with E-state index in [0.717, 1.165) is 32.2 Å². The monoisotopic (exact) mass is 325 g/mol. The van der Waals surface area contributed by atoms with Crippen molar-refractivity contribution in [3.05, 3.63) is 29.8 Å². The van der Waals surface area contributed by atoms with Gasteiger partial charge in [0.2, 0.25) is 15.9 Å². The van der Waals surface area contributed by atoms with Gasteiger partial charge in [0, 0.05) is 24.8 Å². The molecule has 22 heavy (non-hydrogen) atoms. The highest BCUT2D eigenvalue weighted by atomic mass is 32.2. The Morgan fingerprint density at radius 2 is 2.00 bits per heavy atom. The third-order valence-electron chi connectivity index (χ3n) is 3.72. The number of carbonyl (C=O) groups excluding carboxylic acids is 1. The molecule has 1 aromatic rings. The van der Waals surface area contributed by atoms with Gasteiger partial charge in [0.25, 0.3) is 0 Å². The molecule has 1 aliphatic heterocycles. The van der Waals surface area contributed by atoms with E-state index in [4.69, 9.17) is 0 Å². The molecule has 0 atom stereocenters. The van der Waals surface area contributed by atoms with Gasteiger partial charge < -0.3 is 10.2 Å². The molecule has 1 fully saturated rings. The number of sulfonamides is 1. The van der Waals surface area contributed by atoms with Crippen LogP contribution in [0, 0.1) is 6.92 Å². The van der Waals surface area contributed by atoms with E-state index in [-0.39, 0.29) is 18.5 Å². The second-order valence-electron chi connectivity index (χ2n) is 5.76. The molecule has 0 unspecified atom stereocenters. The highest BCUT2D eigenvalue weighted by Gasteiger charge is 2.21. The summed E-state index contributed by atoms with van der Waals surface area (Å²) in [6.45, 7) is 3.64. The Kier molecular flexibility index (Phi) is 5.42. The Morgan fingerprint density at radius 1 is 1.32 bits per heavy atom. The van der Waals surface area contributed by atoms with Crippen molar-refractivity contribution in [3.63, 3.8) is 0 Å². The fourth-order valence-corrected chi connectivity index (χ4v) is 2.98. The Morgan fingerprint density at radius 3 is 2.59 bits per heavy atom. The van der Waals surface area contributed by atoms with Crippen LogP contribution in [-0.4, -0.2) is 46.3 Å². The lowest BCUT2D eigenvalue weighted by Crippen LogP contribution is -2.47. The number of carbonyl (C=O) groups is 1. The number of rotatable bonds is 5. The van der Waals surface area contributed by atoms with Crippen molar-refractivity contribution in [2.45, 2.75) is 25.8 Å². The van der Waals surface area contributed by atoms with Gasteiger partial charge in [-0.3, -0.25) is 4.79 Å². The van der Waals surface area contributed by atoms with Crippen LogP contribution in [0.4, 0.5) is 5.69 Å². The number of aryl methyl sites for hydroxylation is 1. The largest absolute Gasteiger partial charge is 0.371 e. The van der Waals surface area contributed by atoms with E-state index in [9.17, 15) is 13.2 Å². The molecule has 0 radical (unpaired) electrons. The Balaban J connectivity index is 1.79. The minimum atomic E-state index is -3.33. The molecule has 6 nitrogen and oxygen atoms in total. The summed E-state index contributed by atoms with van der Waals surface area (Å²) < 4.78 is 24.1. The van der Waals surface area contributed by atoms with Gasteiger partial charge in [-0.15, -0.1) is 0 Å². The van der Waals surface area contributed by atoms with Crippen molar-refractivity contribution in [2.24, 2.45) is 0 Å². The van der Waals surface area contributed by atoms with Crippen molar-refractivity contribution in [2.75, 3.05) is 30.8 Å². The van der Waals surface area contributed by atoms with Gasteiger partial charge in [-0.05, 0) is 37.5 Å². The summed E-state index contributed by atoms with van der Waals surface area (Å²) in [5.74, 6) is -0.278. The summed E-state index contributed by atoms with van der Waals surface area (Å²) in [5.41, 5.74) is 2.45. The van der Waals surface area contributed by atoms with Crippen molar-refractivity contribution in [1.29, 1.82) is 0 Å². The van der Waals surface area contributed by atoms with Crippen LogP contribution in [0.3, 0.4) is 0 Å². The lowest BCUT2D eigenvalue weighted by atomic mass is 10.0. The molecule has 1 aromatic carbocycles. The minimum Gasteiger partial charge on any atom is -0.371 e. The first-order valence-electron chi connectivity index (χ1n) is 7.39. The summed E-state index contributed by atoms with van der Waals surface area (Å²) in [4.78, 5) is 14.0. The van der Waals surface area contributed by atoms with Crippen molar-refractivity contribution >= 4 is 21.6 Å². The first-order valence-corrected chi connectivity index (χ1v) is 9.28. The van der Waals surface area contributed by atoms with E-state index in [1.807, 2.05) is 0 Å². The average molecular weight is 325 g/mol. The second kappa shape index (κ2) is 7.11. The van der Waals surface area contributed by atoms with E-state index in [0.29, 0.717) is 0 Å². The molecule has 7 heteroatoms. The maximum Gasteiger partial charge on any atom is 0.235 e. The maximum atomic E-state index is 11.7. The molecule has 122 valence electrons. The number of nitrogens with one attached hydrogen (secondary N) is 2. The molecule has 2 rings (SSSR count). The number of amides is 1. The zero-order chi connectivity index (χ0) is 16.2. The molecule has 0 aliphatic carbocycles. The molecule has 0 bridgehead atoms. The molecule has 0 spiro atoms. The minimum absolute atomic E-state index is 0.106. The van der Waals surface area contributed by atoms with Gasteiger partial charge in [-0.25, -0.2) is 13.1 Å². The molecule has 1 aliphatic rings. The van der Waals surface area contributed by atoms with Crippen LogP contribution in [0.5, 0.6) is 0 Å². The van der Waals surface area contributed by atoms with Crippen LogP contribution >= 0.6 is 0 Å².